The largest absolute Gasteiger partial charge is 0.336 e. The molecule has 0 aliphatic carbocycles. The van der Waals surface area contributed by atoms with Crippen molar-refractivity contribution in [3.05, 3.63) is 29.8 Å². The van der Waals surface area contributed by atoms with E-state index in [1.165, 1.54) is 5.56 Å². The Kier molecular flexibility index (Phi) is 1.75. The van der Waals surface area contributed by atoms with Gasteiger partial charge in [0.1, 0.15) is 5.60 Å². The van der Waals surface area contributed by atoms with Gasteiger partial charge < -0.3 is 10.2 Å². The van der Waals surface area contributed by atoms with Gasteiger partial charge in [0.25, 0.3) is 0 Å². The molecule has 0 aromatic heterocycles. The lowest BCUT2D eigenvalue weighted by Gasteiger charge is -2.30. The van der Waals surface area contributed by atoms with Gasteiger partial charge in [0.05, 0.1) is 0 Å². The molecule has 3 rings (SSSR count). The van der Waals surface area contributed by atoms with Crippen LogP contribution in [0.15, 0.2) is 24.3 Å². The molecule has 0 atom stereocenters. The second kappa shape index (κ2) is 2.97. The number of benzene rings is 1. The quantitative estimate of drug-likeness (QED) is 0.632. The van der Waals surface area contributed by atoms with Crippen LogP contribution < -0.4 is 10.2 Å². The Bertz CT molecular complexity index is 339. The van der Waals surface area contributed by atoms with Crippen molar-refractivity contribution in [1.82, 2.24) is 5.32 Å². The fraction of sp³-hybridized carbons (Fsp3) is 0.455. The first kappa shape index (κ1) is 8.26. The van der Waals surface area contributed by atoms with Gasteiger partial charge in [-0.05, 0) is 32.0 Å². The maximum atomic E-state index is 5.51. The van der Waals surface area contributed by atoms with Gasteiger partial charge in [-0.15, -0.1) is 0 Å². The van der Waals surface area contributed by atoms with Crippen molar-refractivity contribution in [1.29, 1.82) is 0 Å². The third-order valence-electron chi connectivity index (χ3n) is 3.08. The van der Waals surface area contributed by atoms with Crippen molar-refractivity contribution in [3.63, 3.8) is 0 Å². The van der Waals surface area contributed by atoms with Crippen molar-refractivity contribution in [3.8, 4) is 5.75 Å². The topological polar surface area (TPSA) is 30.5 Å². The molecule has 2 heterocycles. The highest BCUT2D eigenvalue weighted by Crippen LogP contribution is 2.44. The zero-order valence-corrected chi connectivity index (χ0v) is 7.95. The molecule has 0 saturated carbocycles. The van der Waals surface area contributed by atoms with E-state index in [9.17, 15) is 0 Å². The minimum atomic E-state index is -0.179. The molecule has 3 nitrogen and oxygen atoms in total. The number of hydrogen-bond acceptors (Lipinski definition) is 3. The molecule has 2 aliphatic rings. The monoisotopic (exact) mass is 191 g/mol. The Morgan fingerprint density at radius 1 is 1.14 bits per heavy atom. The first-order chi connectivity index (χ1) is 6.91. The molecule has 1 aromatic carbocycles. The summed E-state index contributed by atoms with van der Waals surface area (Å²) >= 11 is 0. The maximum absolute atomic E-state index is 5.51. The second-order valence-corrected chi connectivity index (χ2v) is 3.91. The molecular weight excluding hydrogens is 178 g/mol. The van der Waals surface area contributed by atoms with Gasteiger partial charge in [-0.3, -0.25) is 0 Å². The molecule has 2 aliphatic heterocycles. The van der Waals surface area contributed by atoms with Crippen molar-refractivity contribution >= 4 is 0 Å². The van der Waals surface area contributed by atoms with Gasteiger partial charge >= 0.3 is 0 Å². The highest BCUT2D eigenvalue weighted by Gasteiger charge is 2.43. The summed E-state index contributed by atoms with van der Waals surface area (Å²) < 4.78 is 0. The Labute approximate surface area is 83.0 Å². The smallest absolute Gasteiger partial charge is 0.171 e. The molecule has 1 N–H and O–H groups in total. The highest BCUT2D eigenvalue weighted by atomic mass is 17.2. The van der Waals surface area contributed by atoms with Crippen LogP contribution in [-0.2, 0) is 10.5 Å². The van der Waals surface area contributed by atoms with E-state index in [-0.39, 0.29) is 5.60 Å². The Morgan fingerprint density at radius 2 is 1.93 bits per heavy atom. The van der Waals surface area contributed by atoms with E-state index in [1.54, 1.807) is 0 Å². The summed E-state index contributed by atoms with van der Waals surface area (Å²) in [7, 11) is 0. The lowest BCUT2D eigenvalue weighted by molar-refractivity contribution is -0.279. The van der Waals surface area contributed by atoms with Crippen LogP contribution in [0.1, 0.15) is 18.4 Å². The summed E-state index contributed by atoms with van der Waals surface area (Å²) in [6, 6.07) is 8.09. The summed E-state index contributed by atoms with van der Waals surface area (Å²) in [5, 5.41) is 3.33. The number of rotatable bonds is 0. The lowest BCUT2D eigenvalue weighted by Crippen LogP contribution is -2.39. The first-order valence-electron chi connectivity index (χ1n) is 5.07. The van der Waals surface area contributed by atoms with Crippen LogP contribution in [-0.4, -0.2) is 13.1 Å². The molecule has 14 heavy (non-hydrogen) atoms. The predicted molar refractivity (Wildman–Crippen MR) is 51.9 cm³/mol. The van der Waals surface area contributed by atoms with Gasteiger partial charge in [0, 0.05) is 5.56 Å². The van der Waals surface area contributed by atoms with Gasteiger partial charge in [0.2, 0.25) is 0 Å². The van der Waals surface area contributed by atoms with Crippen LogP contribution in [0.25, 0.3) is 0 Å². The molecule has 74 valence electrons. The van der Waals surface area contributed by atoms with Crippen molar-refractivity contribution in [2.75, 3.05) is 13.1 Å². The molecule has 3 heteroatoms. The number of hydrogen-bond donors (Lipinski definition) is 1. The average Bonchev–Trinajstić information content (AvgIpc) is 2.60. The summed E-state index contributed by atoms with van der Waals surface area (Å²) in [6.07, 6.45) is 1.98. The molecular formula is C11H13NO2. The van der Waals surface area contributed by atoms with E-state index in [0.29, 0.717) is 0 Å². The number of para-hydroxylation sites is 1. The van der Waals surface area contributed by atoms with E-state index in [4.69, 9.17) is 9.78 Å². The Balaban J connectivity index is 2.03. The highest BCUT2D eigenvalue weighted by molar-refractivity contribution is 5.40. The summed E-state index contributed by atoms with van der Waals surface area (Å²) in [5.41, 5.74) is 1.03. The van der Waals surface area contributed by atoms with Crippen LogP contribution in [0.3, 0.4) is 0 Å². The fourth-order valence-electron chi connectivity index (χ4n) is 2.27. The SMILES string of the molecule is c1ccc2c(c1)OOC21CCNCC1. The van der Waals surface area contributed by atoms with E-state index in [2.05, 4.69) is 11.4 Å². The fourth-order valence-corrected chi connectivity index (χ4v) is 2.27. The van der Waals surface area contributed by atoms with Crippen LogP contribution >= 0.6 is 0 Å². The first-order valence-corrected chi connectivity index (χ1v) is 5.07. The predicted octanol–water partition coefficient (Wildman–Crippen LogP) is 1.59. The maximum Gasteiger partial charge on any atom is 0.171 e. The molecule has 0 amide bonds. The average molecular weight is 191 g/mol. The van der Waals surface area contributed by atoms with Crippen LogP contribution in [0, 0.1) is 0 Å². The molecule has 0 unspecified atom stereocenters. The molecule has 1 spiro atoms. The molecule has 1 aromatic rings. The van der Waals surface area contributed by atoms with E-state index in [0.717, 1.165) is 31.7 Å². The third-order valence-corrected chi connectivity index (χ3v) is 3.08. The van der Waals surface area contributed by atoms with Gasteiger partial charge in [-0.25, -0.2) is 0 Å². The Morgan fingerprint density at radius 3 is 2.79 bits per heavy atom. The molecule has 0 bridgehead atoms. The van der Waals surface area contributed by atoms with Crippen LogP contribution in [0.4, 0.5) is 0 Å². The zero-order valence-electron chi connectivity index (χ0n) is 7.95. The standard InChI is InChI=1S/C11H13NO2/c1-2-4-10-9(3-1)11(14-13-10)5-7-12-8-6-11/h1-4,12H,5-8H2. The van der Waals surface area contributed by atoms with Gasteiger partial charge in [-0.2, -0.15) is 4.89 Å². The summed E-state index contributed by atoms with van der Waals surface area (Å²) in [4.78, 5) is 10.8. The molecule has 0 radical (unpaired) electrons. The number of piperidine rings is 1. The lowest BCUT2D eigenvalue weighted by atomic mass is 9.85. The summed E-state index contributed by atoms with van der Waals surface area (Å²) in [6.45, 7) is 2.00. The zero-order chi connectivity index (χ0) is 9.43. The number of nitrogens with one attached hydrogen (secondary N) is 1. The van der Waals surface area contributed by atoms with Crippen molar-refractivity contribution in [2.24, 2.45) is 0 Å². The van der Waals surface area contributed by atoms with E-state index >= 15 is 0 Å². The normalized spacial score (nSPS) is 23.1. The Hall–Kier alpha value is -1.06. The van der Waals surface area contributed by atoms with Gasteiger partial charge in [0.15, 0.2) is 5.75 Å². The van der Waals surface area contributed by atoms with Crippen molar-refractivity contribution < 1.29 is 9.78 Å². The third kappa shape index (κ3) is 1.06. The van der Waals surface area contributed by atoms with Crippen LogP contribution in [0.5, 0.6) is 5.75 Å². The summed E-state index contributed by atoms with van der Waals surface area (Å²) in [5.74, 6) is 0.884. The minimum Gasteiger partial charge on any atom is -0.336 e. The second-order valence-electron chi connectivity index (χ2n) is 3.91. The van der Waals surface area contributed by atoms with Crippen molar-refractivity contribution in [2.45, 2.75) is 18.4 Å². The molecule has 1 fully saturated rings. The minimum absolute atomic E-state index is 0.179. The number of fused-ring (bicyclic) bond motifs is 2. The van der Waals surface area contributed by atoms with Gasteiger partial charge in [-0.1, -0.05) is 18.2 Å². The molecule has 1 saturated heterocycles. The van der Waals surface area contributed by atoms with Crippen LogP contribution in [0.2, 0.25) is 0 Å². The van der Waals surface area contributed by atoms with E-state index < -0.39 is 0 Å². The van der Waals surface area contributed by atoms with E-state index in [1.807, 2.05) is 18.2 Å².